The van der Waals surface area contributed by atoms with Crippen LogP contribution in [0.25, 0.3) is 11.4 Å². The Hall–Kier alpha value is -1.51. The summed E-state index contributed by atoms with van der Waals surface area (Å²) in [4.78, 5) is 5.63. The third-order valence-corrected chi connectivity index (χ3v) is 6.43. The zero-order valence-electron chi connectivity index (χ0n) is 13.0. The summed E-state index contributed by atoms with van der Waals surface area (Å²) in [6.45, 7) is 3.52. The molecule has 2 heterocycles. The van der Waals surface area contributed by atoms with E-state index in [1.54, 1.807) is 0 Å². The summed E-state index contributed by atoms with van der Waals surface area (Å²) < 4.78 is 25.7. The number of nitrogens with one attached hydrogen (secondary N) is 2. The van der Waals surface area contributed by atoms with Crippen molar-refractivity contribution >= 4 is 22.1 Å². The van der Waals surface area contributed by atoms with E-state index in [2.05, 4.69) is 17.0 Å². The quantitative estimate of drug-likeness (QED) is 0.775. The number of H-pyrrole nitrogens is 1. The zero-order valence-corrected chi connectivity index (χ0v) is 14.7. The summed E-state index contributed by atoms with van der Waals surface area (Å²) in [5.74, 6) is 1.30. The van der Waals surface area contributed by atoms with Gasteiger partial charge < -0.3 is 4.90 Å². The number of aromatic amines is 1. The van der Waals surface area contributed by atoms with Crippen molar-refractivity contribution in [2.24, 2.45) is 0 Å². The minimum absolute atomic E-state index is 0.135. The highest BCUT2D eigenvalue weighted by atomic mass is 32.2. The number of rotatable bonds is 5. The van der Waals surface area contributed by atoms with Crippen molar-refractivity contribution in [1.82, 2.24) is 14.8 Å². The number of nitrogens with zero attached hydrogens (tertiary/aromatic N) is 2. The van der Waals surface area contributed by atoms with Gasteiger partial charge in [-0.1, -0.05) is 30.3 Å². The molecular formula is C15H21N4O2S2+. The molecule has 0 radical (unpaired) electrons. The van der Waals surface area contributed by atoms with Crippen molar-refractivity contribution in [3.63, 3.8) is 0 Å². The molecule has 0 spiro atoms. The molecule has 6 nitrogen and oxygen atoms in total. The van der Waals surface area contributed by atoms with Gasteiger partial charge in [0, 0.05) is 12.0 Å². The molecule has 1 unspecified atom stereocenters. The fraction of sp³-hybridized carbons (Fsp3) is 0.467. The van der Waals surface area contributed by atoms with Gasteiger partial charge >= 0.3 is 0 Å². The van der Waals surface area contributed by atoms with Crippen LogP contribution in [-0.2, 0) is 16.5 Å². The van der Waals surface area contributed by atoms with Gasteiger partial charge in [0.2, 0.25) is 4.77 Å². The predicted molar refractivity (Wildman–Crippen MR) is 91.4 cm³/mol. The lowest BCUT2D eigenvalue weighted by molar-refractivity contribution is -0.943. The molecule has 1 aromatic heterocycles. The van der Waals surface area contributed by atoms with Gasteiger partial charge in [0.05, 0.1) is 12.3 Å². The third kappa shape index (κ3) is 3.70. The van der Waals surface area contributed by atoms with Crippen LogP contribution >= 0.6 is 12.2 Å². The zero-order chi connectivity index (χ0) is 16.4. The number of hydrogen-bond donors (Lipinski definition) is 2. The highest BCUT2D eigenvalue weighted by Crippen LogP contribution is 2.13. The van der Waals surface area contributed by atoms with Crippen molar-refractivity contribution in [3.8, 4) is 11.4 Å². The molecule has 23 heavy (non-hydrogen) atoms. The van der Waals surface area contributed by atoms with Gasteiger partial charge in [-0.3, -0.25) is 5.10 Å². The Morgan fingerprint density at radius 3 is 2.74 bits per heavy atom. The van der Waals surface area contributed by atoms with Crippen LogP contribution in [0.1, 0.15) is 13.3 Å². The molecule has 124 valence electrons. The lowest BCUT2D eigenvalue weighted by atomic mass is 10.2. The van der Waals surface area contributed by atoms with E-state index in [-0.39, 0.29) is 11.8 Å². The highest BCUT2D eigenvalue weighted by molar-refractivity contribution is 7.91. The standard InChI is InChI=1S/C15H20N4O2S2/c1-2-18(13-8-9-23(20,21)10-13)11-19-15(22)16-14(17-19)12-6-4-3-5-7-12/h3-7,13H,2,8-11H2,1H3,(H,16,17,22)/p+1/t13-/m0/s1. The largest absolute Gasteiger partial charge is 0.313 e. The summed E-state index contributed by atoms with van der Waals surface area (Å²) in [5, 5.41) is 3.24. The Balaban J connectivity index is 1.80. The normalized spacial score (nSPS) is 21.3. The van der Waals surface area contributed by atoms with Gasteiger partial charge in [-0.05, 0) is 19.1 Å². The molecule has 0 bridgehead atoms. The molecule has 2 N–H and O–H groups in total. The second kappa shape index (κ2) is 6.54. The van der Waals surface area contributed by atoms with E-state index >= 15 is 0 Å². The lowest BCUT2D eigenvalue weighted by Gasteiger charge is -2.23. The van der Waals surface area contributed by atoms with Gasteiger partial charge in [0.25, 0.3) is 0 Å². The number of quaternary nitrogens is 1. The van der Waals surface area contributed by atoms with Crippen molar-refractivity contribution in [2.45, 2.75) is 26.1 Å². The molecule has 3 rings (SSSR count). The third-order valence-electron chi connectivity index (χ3n) is 4.35. The Bertz CT molecular complexity index is 827. The molecule has 2 aromatic rings. The minimum Gasteiger partial charge on any atom is -0.313 e. The molecule has 1 aliphatic heterocycles. The van der Waals surface area contributed by atoms with Gasteiger partial charge in [-0.25, -0.2) is 13.1 Å². The summed E-state index contributed by atoms with van der Waals surface area (Å²) >= 11 is 5.35. The van der Waals surface area contributed by atoms with Crippen LogP contribution in [0.15, 0.2) is 30.3 Å². The predicted octanol–water partition coefficient (Wildman–Crippen LogP) is 0.657. The van der Waals surface area contributed by atoms with Gasteiger partial charge in [-0.2, -0.15) is 4.98 Å². The van der Waals surface area contributed by atoms with E-state index in [0.717, 1.165) is 24.4 Å². The molecule has 1 aliphatic rings. The van der Waals surface area contributed by atoms with Gasteiger partial charge in [0.15, 0.2) is 22.3 Å². The first kappa shape index (κ1) is 16.4. The van der Waals surface area contributed by atoms with Crippen molar-refractivity contribution in [3.05, 3.63) is 35.1 Å². The number of hydrogen-bond acceptors (Lipinski definition) is 4. The Morgan fingerprint density at radius 1 is 1.39 bits per heavy atom. The van der Waals surface area contributed by atoms with E-state index in [1.807, 2.05) is 35.0 Å². The van der Waals surface area contributed by atoms with Crippen LogP contribution < -0.4 is 4.90 Å². The van der Waals surface area contributed by atoms with Crippen molar-refractivity contribution in [1.29, 1.82) is 0 Å². The maximum absolute atomic E-state index is 11.7. The summed E-state index contributed by atoms with van der Waals surface area (Å²) in [6.07, 6.45) is 0.721. The number of aromatic nitrogens is 3. The molecule has 8 heteroatoms. The number of sulfone groups is 1. The Kier molecular flexibility index (Phi) is 4.65. The van der Waals surface area contributed by atoms with Crippen LogP contribution in [0, 0.1) is 4.77 Å². The van der Waals surface area contributed by atoms with Crippen molar-refractivity contribution < 1.29 is 13.3 Å². The minimum atomic E-state index is -2.87. The first-order chi connectivity index (χ1) is 11.0. The average molecular weight is 353 g/mol. The fourth-order valence-electron chi connectivity index (χ4n) is 3.04. The summed E-state index contributed by atoms with van der Waals surface area (Å²) in [5.41, 5.74) is 0.985. The van der Waals surface area contributed by atoms with Crippen LogP contribution in [0.2, 0.25) is 0 Å². The van der Waals surface area contributed by atoms with E-state index in [4.69, 9.17) is 12.2 Å². The van der Waals surface area contributed by atoms with Crippen molar-refractivity contribution in [2.75, 3.05) is 18.1 Å². The van der Waals surface area contributed by atoms with Crippen LogP contribution in [0.3, 0.4) is 0 Å². The first-order valence-electron chi connectivity index (χ1n) is 7.76. The molecule has 1 fully saturated rings. The highest BCUT2D eigenvalue weighted by Gasteiger charge is 2.34. The van der Waals surface area contributed by atoms with Crippen LogP contribution in [0.4, 0.5) is 0 Å². The smallest absolute Gasteiger partial charge is 0.221 e. The van der Waals surface area contributed by atoms with E-state index in [9.17, 15) is 8.42 Å². The topological polar surface area (TPSA) is 72.2 Å². The monoisotopic (exact) mass is 353 g/mol. The lowest BCUT2D eigenvalue weighted by Crippen LogP contribution is -3.15. The maximum Gasteiger partial charge on any atom is 0.221 e. The van der Waals surface area contributed by atoms with Gasteiger partial charge in [0.1, 0.15) is 11.8 Å². The fourth-order valence-corrected chi connectivity index (χ4v) is 5.07. The van der Waals surface area contributed by atoms with E-state index < -0.39 is 9.84 Å². The SMILES string of the molecule is CC[NH+](Cn1[nH]c(-c2ccccc2)nc1=S)[C@H]1CCS(=O)(=O)C1. The summed E-state index contributed by atoms with van der Waals surface area (Å²) in [7, 11) is -2.87. The second-order valence-electron chi connectivity index (χ2n) is 5.92. The van der Waals surface area contributed by atoms with E-state index in [1.165, 1.54) is 4.90 Å². The summed E-state index contributed by atoms with van der Waals surface area (Å²) in [6, 6.07) is 9.96. The molecule has 2 atom stereocenters. The van der Waals surface area contributed by atoms with Crippen LogP contribution in [-0.4, -0.2) is 47.3 Å². The molecule has 1 saturated heterocycles. The molecule has 1 aromatic carbocycles. The Labute approximate surface area is 141 Å². The first-order valence-corrected chi connectivity index (χ1v) is 9.99. The molecule has 0 amide bonds. The molecular weight excluding hydrogens is 332 g/mol. The second-order valence-corrected chi connectivity index (χ2v) is 8.51. The van der Waals surface area contributed by atoms with E-state index in [0.29, 0.717) is 17.2 Å². The Morgan fingerprint density at radius 2 is 2.13 bits per heavy atom. The average Bonchev–Trinajstić information content (AvgIpc) is 3.08. The van der Waals surface area contributed by atoms with Gasteiger partial charge in [-0.15, -0.1) is 0 Å². The molecule has 0 aliphatic carbocycles. The van der Waals surface area contributed by atoms with Crippen LogP contribution in [0.5, 0.6) is 0 Å². The number of benzene rings is 1. The molecule has 0 saturated carbocycles. The maximum atomic E-state index is 11.7.